The molecule has 0 bridgehead atoms. The second-order valence-corrected chi connectivity index (χ2v) is 4.74. The SMILES string of the molecule is COc1ccc([N+](=O)[O-])c(NCCC(=O)N2CCCC2)n1. The average Bonchev–Trinajstić information content (AvgIpc) is 3.01. The minimum Gasteiger partial charge on any atom is -0.481 e. The predicted molar refractivity (Wildman–Crippen MR) is 76.4 cm³/mol. The number of anilines is 1. The summed E-state index contributed by atoms with van der Waals surface area (Å²) in [4.78, 5) is 28.1. The first-order valence-electron chi connectivity index (χ1n) is 6.83. The van der Waals surface area contributed by atoms with Crippen LogP contribution in [0, 0.1) is 10.1 Å². The van der Waals surface area contributed by atoms with Crippen LogP contribution in [-0.2, 0) is 4.79 Å². The molecule has 8 nitrogen and oxygen atoms in total. The molecule has 1 aliphatic heterocycles. The third-order valence-corrected chi connectivity index (χ3v) is 3.34. The van der Waals surface area contributed by atoms with Crippen LogP contribution in [0.15, 0.2) is 12.1 Å². The Morgan fingerprint density at radius 3 is 2.81 bits per heavy atom. The van der Waals surface area contributed by atoms with Gasteiger partial charge in [-0.25, -0.2) is 0 Å². The molecule has 0 spiro atoms. The van der Waals surface area contributed by atoms with Crippen LogP contribution >= 0.6 is 0 Å². The van der Waals surface area contributed by atoms with Crippen LogP contribution in [0.5, 0.6) is 5.88 Å². The van der Waals surface area contributed by atoms with Crippen molar-refractivity contribution in [1.29, 1.82) is 0 Å². The third-order valence-electron chi connectivity index (χ3n) is 3.34. The normalized spacial score (nSPS) is 14.0. The number of rotatable bonds is 6. The minimum absolute atomic E-state index is 0.0607. The molecule has 1 saturated heterocycles. The molecule has 0 aromatic carbocycles. The zero-order valence-electron chi connectivity index (χ0n) is 11.9. The summed E-state index contributed by atoms with van der Waals surface area (Å²) in [7, 11) is 1.44. The Bertz CT molecular complexity index is 529. The number of nitrogens with one attached hydrogen (secondary N) is 1. The van der Waals surface area contributed by atoms with E-state index in [0.717, 1.165) is 25.9 Å². The number of methoxy groups -OCH3 is 1. The van der Waals surface area contributed by atoms with Gasteiger partial charge in [-0.05, 0) is 12.8 Å². The first kappa shape index (κ1) is 15.0. The Kier molecular flexibility index (Phi) is 4.91. The van der Waals surface area contributed by atoms with Gasteiger partial charge in [-0.15, -0.1) is 0 Å². The van der Waals surface area contributed by atoms with E-state index in [9.17, 15) is 14.9 Å². The van der Waals surface area contributed by atoms with Crippen LogP contribution in [0.1, 0.15) is 19.3 Å². The van der Waals surface area contributed by atoms with Crippen LogP contribution in [-0.4, -0.2) is 47.5 Å². The van der Waals surface area contributed by atoms with Gasteiger partial charge in [-0.2, -0.15) is 4.98 Å². The van der Waals surface area contributed by atoms with Gasteiger partial charge >= 0.3 is 5.69 Å². The van der Waals surface area contributed by atoms with Gasteiger partial charge in [-0.1, -0.05) is 0 Å². The van der Waals surface area contributed by atoms with Crippen molar-refractivity contribution >= 4 is 17.4 Å². The number of nitro groups is 1. The van der Waals surface area contributed by atoms with Gasteiger partial charge in [0.25, 0.3) is 0 Å². The van der Waals surface area contributed by atoms with E-state index in [1.165, 1.54) is 19.2 Å². The first-order valence-corrected chi connectivity index (χ1v) is 6.83. The number of carbonyl (C=O) groups is 1. The fourth-order valence-corrected chi connectivity index (χ4v) is 2.24. The van der Waals surface area contributed by atoms with Gasteiger partial charge in [-0.3, -0.25) is 14.9 Å². The number of aromatic nitrogens is 1. The molecule has 1 amide bonds. The van der Waals surface area contributed by atoms with Crippen LogP contribution < -0.4 is 10.1 Å². The Morgan fingerprint density at radius 2 is 2.19 bits per heavy atom. The highest BCUT2D eigenvalue weighted by Crippen LogP contribution is 2.24. The zero-order valence-corrected chi connectivity index (χ0v) is 11.9. The Labute approximate surface area is 122 Å². The van der Waals surface area contributed by atoms with Crippen molar-refractivity contribution < 1.29 is 14.5 Å². The Morgan fingerprint density at radius 1 is 1.48 bits per heavy atom. The summed E-state index contributed by atoms with van der Waals surface area (Å²) in [5.41, 5.74) is -0.135. The van der Waals surface area contributed by atoms with Gasteiger partial charge in [0.05, 0.1) is 12.0 Å². The number of hydrogen-bond donors (Lipinski definition) is 1. The van der Waals surface area contributed by atoms with Crippen LogP contribution in [0.3, 0.4) is 0 Å². The van der Waals surface area contributed by atoms with Crippen molar-refractivity contribution in [1.82, 2.24) is 9.88 Å². The highest BCUT2D eigenvalue weighted by atomic mass is 16.6. The Balaban J connectivity index is 1.95. The quantitative estimate of drug-likeness (QED) is 0.629. The van der Waals surface area contributed by atoms with Gasteiger partial charge in [0.2, 0.25) is 17.6 Å². The molecule has 1 aromatic rings. The fourth-order valence-electron chi connectivity index (χ4n) is 2.24. The number of pyridine rings is 1. The lowest BCUT2D eigenvalue weighted by Gasteiger charge is -2.15. The molecule has 1 fully saturated rings. The molecule has 0 atom stereocenters. The zero-order chi connectivity index (χ0) is 15.2. The number of ether oxygens (including phenoxy) is 1. The molecular weight excluding hydrogens is 276 g/mol. The highest BCUT2D eigenvalue weighted by Gasteiger charge is 2.19. The van der Waals surface area contributed by atoms with Gasteiger partial charge in [0.15, 0.2) is 0 Å². The number of carbonyl (C=O) groups excluding carboxylic acids is 1. The standard InChI is InChI=1S/C13H18N4O4/c1-21-11-5-4-10(17(19)20)13(15-11)14-7-6-12(18)16-8-2-3-9-16/h4-5H,2-3,6-9H2,1H3,(H,14,15). The molecule has 0 aliphatic carbocycles. The summed E-state index contributed by atoms with van der Waals surface area (Å²) in [6.07, 6.45) is 2.38. The second-order valence-electron chi connectivity index (χ2n) is 4.74. The van der Waals surface area contributed by atoms with Crippen molar-refractivity contribution in [2.75, 3.05) is 32.1 Å². The van der Waals surface area contributed by atoms with Gasteiger partial charge < -0.3 is 15.0 Å². The summed E-state index contributed by atoms with van der Waals surface area (Å²) in [6, 6.07) is 2.76. The van der Waals surface area contributed by atoms with Crippen molar-refractivity contribution in [3.63, 3.8) is 0 Å². The fraction of sp³-hybridized carbons (Fsp3) is 0.538. The van der Waals surface area contributed by atoms with E-state index >= 15 is 0 Å². The number of amides is 1. The van der Waals surface area contributed by atoms with E-state index in [2.05, 4.69) is 10.3 Å². The lowest BCUT2D eigenvalue weighted by atomic mass is 10.3. The topological polar surface area (TPSA) is 97.6 Å². The molecule has 114 valence electrons. The summed E-state index contributed by atoms with van der Waals surface area (Å²) in [5, 5.41) is 13.8. The summed E-state index contributed by atoms with van der Waals surface area (Å²) in [5.74, 6) is 0.466. The lowest BCUT2D eigenvalue weighted by Crippen LogP contribution is -2.29. The average molecular weight is 294 g/mol. The van der Waals surface area contributed by atoms with E-state index in [4.69, 9.17) is 4.74 Å². The first-order chi connectivity index (χ1) is 10.1. The van der Waals surface area contributed by atoms with E-state index in [1.807, 2.05) is 4.90 Å². The molecule has 0 saturated carbocycles. The van der Waals surface area contributed by atoms with E-state index in [1.54, 1.807) is 0 Å². The lowest BCUT2D eigenvalue weighted by molar-refractivity contribution is -0.384. The van der Waals surface area contributed by atoms with Gasteiger partial charge in [0.1, 0.15) is 0 Å². The number of hydrogen-bond acceptors (Lipinski definition) is 6. The maximum absolute atomic E-state index is 11.9. The largest absolute Gasteiger partial charge is 0.481 e. The Hall–Kier alpha value is -2.38. The summed E-state index contributed by atoms with van der Waals surface area (Å²) >= 11 is 0. The minimum atomic E-state index is -0.517. The maximum Gasteiger partial charge on any atom is 0.311 e. The van der Waals surface area contributed by atoms with Crippen molar-refractivity contribution in [2.45, 2.75) is 19.3 Å². The van der Waals surface area contributed by atoms with E-state index in [0.29, 0.717) is 6.54 Å². The molecule has 0 radical (unpaired) electrons. The highest BCUT2D eigenvalue weighted by molar-refractivity contribution is 5.77. The monoisotopic (exact) mass is 294 g/mol. The van der Waals surface area contributed by atoms with Crippen LogP contribution in [0.25, 0.3) is 0 Å². The molecule has 1 aromatic heterocycles. The van der Waals surface area contributed by atoms with Crippen LogP contribution in [0.4, 0.5) is 11.5 Å². The molecule has 2 rings (SSSR count). The number of likely N-dealkylation sites (tertiary alicyclic amines) is 1. The van der Waals surface area contributed by atoms with Crippen molar-refractivity contribution in [3.05, 3.63) is 22.2 Å². The van der Waals surface area contributed by atoms with E-state index in [-0.39, 0.29) is 29.7 Å². The number of nitrogens with zero attached hydrogens (tertiary/aromatic N) is 3. The van der Waals surface area contributed by atoms with Crippen molar-refractivity contribution in [2.24, 2.45) is 0 Å². The third kappa shape index (κ3) is 3.80. The maximum atomic E-state index is 11.9. The molecule has 1 aliphatic rings. The predicted octanol–water partition coefficient (Wildman–Crippen LogP) is 1.42. The molecule has 8 heteroatoms. The summed E-state index contributed by atoms with van der Waals surface area (Å²) < 4.78 is 4.95. The molecule has 0 unspecified atom stereocenters. The van der Waals surface area contributed by atoms with Crippen molar-refractivity contribution in [3.8, 4) is 5.88 Å². The van der Waals surface area contributed by atoms with E-state index < -0.39 is 4.92 Å². The van der Waals surface area contributed by atoms with Crippen LogP contribution in [0.2, 0.25) is 0 Å². The second kappa shape index (κ2) is 6.87. The molecular formula is C13H18N4O4. The molecule has 1 N–H and O–H groups in total. The molecule has 21 heavy (non-hydrogen) atoms. The smallest absolute Gasteiger partial charge is 0.311 e. The summed E-state index contributed by atoms with van der Waals surface area (Å²) in [6.45, 7) is 1.91. The molecule has 2 heterocycles. The van der Waals surface area contributed by atoms with Gasteiger partial charge in [0, 0.05) is 38.2 Å².